The van der Waals surface area contributed by atoms with Crippen LogP contribution < -0.4 is 14.4 Å². The number of carbonyl (C=O) groups is 2. The zero-order valence-electron chi connectivity index (χ0n) is 19.4. The number of ketones is 1. The van der Waals surface area contributed by atoms with Crippen LogP contribution in [0.25, 0.3) is 11.1 Å². The van der Waals surface area contributed by atoms with Crippen molar-refractivity contribution in [1.29, 1.82) is 0 Å². The molecule has 36 heavy (non-hydrogen) atoms. The van der Waals surface area contributed by atoms with Crippen LogP contribution in [-0.4, -0.2) is 23.6 Å². The van der Waals surface area contributed by atoms with Gasteiger partial charge in [-0.05, 0) is 34.9 Å². The molecule has 178 valence electrons. The Labute approximate surface area is 208 Å². The van der Waals surface area contributed by atoms with Gasteiger partial charge in [0.25, 0.3) is 5.91 Å². The molecule has 0 fully saturated rings. The summed E-state index contributed by atoms with van der Waals surface area (Å²) < 4.78 is 10.8. The first-order valence-corrected chi connectivity index (χ1v) is 11.7. The number of para-hydroxylation sites is 1. The van der Waals surface area contributed by atoms with Crippen LogP contribution in [0.15, 0.2) is 97.1 Å². The monoisotopic (exact) mass is 477 g/mol. The summed E-state index contributed by atoms with van der Waals surface area (Å²) >= 11 is 0. The maximum atomic E-state index is 13.6. The summed E-state index contributed by atoms with van der Waals surface area (Å²) in [5.41, 5.74) is 2.40. The van der Waals surface area contributed by atoms with Gasteiger partial charge in [0.05, 0.1) is 18.7 Å². The normalized spacial score (nSPS) is 17.8. The van der Waals surface area contributed by atoms with E-state index in [0.717, 1.165) is 16.7 Å². The molecule has 0 saturated heterocycles. The second kappa shape index (κ2) is 8.66. The lowest BCUT2D eigenvalue weighted by Gasteiger charge is -2.23. The number of carbonyl (C=O) groups excluding carboxylic acids is 2. The number of hydrogen-bond acceptors (Lipinski definition) is 5. The molecule has 0 spiro atoms. The Hall–Kier alpha value is -4.42. The average Bonchev–Trinajstić information content (AvgIpc) is 3.47. The molecule has 6 nitrogen and oxygen atoms in total. The van der Waals surface area contributed by atoms with Gasteiger partial charge >= 0.3 is 0 Å². The Balaban J connectivity index is 1.26. The van der Waals surface area contributed by atoms with Crippen LogP contribution in [0.5, 0.6) is 11.5 Å². The third kappa shape index (κ3) is 3.72. The number of amides is 1. The topological polar surface area (TPSA) is 76.1 Å². The number of hydrogen-bond donors (Lipinski definition) is 1. The van der Waals surface area contributed by atoms with E-state index in [4.69, 9.17) is 9.47 Å². The molecule has 2 heterocycles. The lowest BCUT2D eigenvalue weighted by molar-refractivity contribution is -0.136. The molecule has 0 bridgehead atoms. The fraction of sp³-hybridized carbons (Fsp3) is 0.133. The molecule has 0 radical (unpaired) electrons. The maximum absolute atomic E-state index is 13.6. The smallest absolute Gasteiger partial charge is 0.264 e. The van der Waals surface area contributed by atoms with Crippen LogP contribution in [0.2, 0.25) is 0 Å². The van der Waals surface area contributed by atoms with E-state index >= 15 is 0 Å². The SMILES string of the molecule is O=C(C[C@@]1(O)C(=O)N(Cc2ccc3c(c2)OCO3)c2ccccc21)c1ccc(-c2ccccc2)cc1. The number of nitrogens with zero attached hydrogens (tertiary/aromatic N) is 1. The van der Waals surface area contributed by atoms with Crippen LogP contribution in [0, 0.1) is 0 Å². The lowest BCUT2D eigenvalue weighted by Crippen LogP contribution is -2.41. The summed E-state index contributed by atoms with van der Waals surface area (Å²) in [4.78, 5) is 28.4. The van der Waals surface area contributed by atoms with Crippen LogP contribution in [0.3, 0.4) is 0 Å². The van der Waals surface area contributed by atoms with Crippen molar-refractivity contribution < 1.29 is 24.2 Å². The van der Waals surface area contributed by atoms with Gasteiger partial charge in [0, 0.05) is 11.1 Å². The fourth-order valence-corrected chi connectivity index (χ4v) is 4.87. The van der Waals surface area contributed by atoms with Crippen LogP contribution >= 0.6 is 0 Å². The highest BCUT2D eigenvalue weighted by molar-refractivity contribution is 6.10. The predicted molar refractivity (Wildman–Crippen MR) is 135 cm³/mol. The van der Waals surface area contributed by atoms with E-state index in [2.05, 4.69) is 0 Å². The molecular formula is C30H23NO5. The van der Waals surface area contributed by atoms with Gasteiger partial charge in [-0.3, -0.25) is 9.59 Å². The average molecular weight is 478 g/mol. The van der Waals surface area contributed by atoms with Crippen molar-refractivity contribution in [2.75, 3.05) is 11.7 Å². The minimum Gasteiger partial charge on any atom is -0.454 e. The molecule has 0 unspecified atom stereocenters. The number of anilines is 1. The number of fused-ring (bicyclic) bond motifs is 2. The third-order valence-corrected chi connectivity index (χ3v) is 6.75. The van der Waals surface area contributed by atoms with E-state index in [1.807, 2.05) is 60.7 Å². The molecule has 1 atom stereocenters. The van der Waals surface area contributed by atoms with Gasteiger partial charge in [0.1, 0.15) is 0 Å². The minimum atomic E-state index is -1.94. The van der Waals surface area contributed by atoms with E-state index in [-0.39, 0.29) is 25.5 Å². The summed E-state index contributed by atoms with van der Waals surface area (Å²) in [7, 11) is 0. The molecule has 0 aromatic heterocycles. The zero-order chi connectivity index (χ0) is 24.7. The summed E-state index contributed by atoms with van der Waals surface area (Å²) in [6.45, 7) is 0.396. The van der Waals surface area contributed by atoms with E-state index in [9.17, 15) is 14.7 Å². The molecule has 0 aliphatic carbocycles. The van der Waals surface area contributed by atoms with Gasteiger partial charge in [0.15, 0.2) is 22.9 Å². The number of benzene rings is 4. The molecule has 0 saturated carbocycles. The molecule has 4 aromatic carbocycles. The first-order valence-electron chi connectivity index (χ1n) is 11.7. The Morgan fingerprint density at radius 1 is 0.833 bits per heavy atom. The van der Waals surface area contributed by atoms with Crippen LogP contribution in [0.4, 0.5) is 5.69 Å². The molecule has 1 N–H and O–H groups in total. The first kappa shape index (κ1) is 22.1. The highest BCUT2D eigenvalue weighted by atomic mass is 16.7. The number of Topliss-reactive ketones (excluding diaryl/α,β-unsaturated/α-hetero) is 1. The molecule has 6 heteroatoms. The van der Waals surface area contributed by atoms with Crippen molar-refractivity contribution in [2.24, 2.45) is 0 Å². The van der Waals surface area contributed by atoms with Crippen molar-refractivity contribution in [3.63, 3.8) is 0 Å². The summed E-state index contributed by atoms with van der Waals surface area (Å²) in [5.74, 6) is 0.463. The molecule has 2 aliphatic rings. The maximum Gasteiger partial charge on any atom is 0.264 e. The first-order chi connectivity index (χ1) is 17.5. The summed E-state index contributed by atoms with van der Waals surface area (Å²) in [6, 6.07) is 29.7. The van der Waals surface area contributed by atoms with Gasteiger partial charge in [-0.2, -0.15) is 0 Å². The van der Waals surface area contributed by atoms with Gasteiger partial charge in [-0.1, -0.05) is 78.9 Å². The zero-order valence-corrected chi connectivity index (χ0v) is 19.4. The van der Waals surface area contributed by atoms with Crippen molar-refractivity contribution >= 4 is 17.4 Å². The Morgan fingerprint density at radius 3 is 2.33 bits per heavy atom. The number of rotatable bonds is 6. The predicted octanol–water partition coefficient (Wildman–Crippen LogP) is 5.09. The molecule has 2 aliphatic heterocycles. The van der Waals surface area contributed by atoms with E-state index in [1.165, 1.54) is 4.90 Å². The van der Waals surface area contributed by atoms with Crippen molar-refractivity contribution in [3.05, 3.63) is 114 Å². The van der Waals surface area contributed by atoms with Crippen LogP contribution in [-0.2, 0) is 16.9 Å². The molecule has 6 rings (SSSR count). The fourth-order valence-electron chi connectivity index (χ4n) is 4.87. The van der Waals surface area contributed by atoms with E-state index in [1.54, 1.807) is 36.4 Å². The van der Waals surface area contributed by atoms with Crippen molar-refractivity contribution in [3.8, 4) is 22.6 Å². The minimum absolute atomic E-state index is 0.165. The second-order valence-electron chi connectivity index (χ2n) is 9.00. The Kier molecular flexibility index (Phi) is 5.31. The highest BCUT2D eigenvalue weighted by Crippen LogP contribution is 2.44. The van der Waals surface area contributed by atoms with Gasteiger partial charge in [-0.15, -0.1) is 0 Å². The Bertz CT molecular complexity index is 1460. The quantitative estimate of drug-likeness (QED) is 0.392. The van der Waals surface area contributed by atoms with E-state index in [0.29, 0.717) is 28.3 Å². The van der Waals surface area contributed by atoms with E-state index < -0.39 is 11.5 Å². The standard InChI is InChI=1S/C30H23NO5/c32-26(23-13-11-22(12-14-23)21-6-2-1-3-7-21)17-30(34)24-8-4-5-9-25(24)31(29(30)33)18-20-10-15-27-28(16-20)36-19-35-27/h1-16,34H,17-19H2/t30-/m0/s1. The van der Waals surface area contributed by atoms with Gasteiger partial charge in [-0.25, -0.2) is 0 Å². The highest BCUT2D eigenvalue weighted by Gasteiger charge is 2.50. The molecule has 4 aromatic rings. The van der Waals surface area contributed by atoms with Crippen molar-refractivity contribution in [2.45, 2.75) is 18.6 Å². The Morgan fingerprint density at radius 2 is 1.53 bits per heavy atom. The summed E-state index contributed by atoms with van der Waals surface area (Å²) in [6.07, 6.45) is -0.342. The molecular weight excluding hydrogens is 454 g/mol. The third-order valence-electron chi connectivity index (χ3n) is 6.75. The number of aliphatic hydroxyl groups is 1. The van der Waals surface area contributed by atoms with Crippen molar-refractivity contribution in [1.82, 2.24) is 0 Å². The number of ether oxygens (including phenoxy) is 2. The van der Waals surface area contributed by atoms with Gasteiger partial charge in [0.2, 0.25) is 6.79 Å². The molecule has 1 amide bonds. The lowest BCUT2D eigenvalue weighted by atomic mass is 9.88. The second-order valence-corrected chi connectivity index (χ2v) is 9.00. The summed E-state index contributed by atoms with van der Waals surface area (Å²) in [5, 5.41) is 11.6. The largest absolute Gasteiger partial charge is 0.454 e. The van der Waals surface area contributed by atoms with Gasteiger partial charge < -0.3 is 19.5 Å². The van der Waals surface area contributed by atoms with Crippen LogP contribution in [0.1, 0.15) is 27.9 Å².